The van der Waals surface area contributed by atoms with Crippen molar-refractivity contribution in [2.75, 3.05) is 0 Å². The van der Waals surface area contributed by atoms with E-state index in [9.17, 15) is 4.79 Å². The van der Waals surface area contributed by atoms with Crippen molar-refractivity contribution in [1.82, 2.24) is 9.97 Å². The van der Waals surface area contributed by atoms with Crippen LogP contribution in [0, 0.1) is 0 Å². The molecular formula is C22H18N2O2S. The van der Waals surface area contributed by atoms with Crippen LogP contribution in [0.4, 0.5) is 0 Å². The second-order valence-corrected chi connectivity index (χ2v) is 7.83. The Morgan fingerprint density at radius 1 is 0.963 bits per heavy atom. The molecule has 27 heavy (non-hydrogen) atoms. The summed E-state index contributed by atoms with van der Waals surface area (Å²) in [5, 5.41) is 0.787. The van der Waals surface area contributed by atoms with Gasteiger partial charge in [-0.1, -0.05) is 30.3 Å². The lowest BCUT2D eigenvalue weighted by atomic mass is 9.97. The third-order valence-electron chi connectivity index (χ3n) is 4.91. The largest absolute Gasteiger partial charge is 0.457 e. The second kappa shape index (κ2) is 6.67. The van der Waals surface area contributed by atoms with E-state index in [-0.39, 0.29) is 5.56 Å². The molecule has 2 aromatic heterocycles. The first kappa shape index (κ1) is 16.3. The van der Waals surface area contributed by atoms with Gasteiger partial charge in [0.05, 0.1) is 5.39 Å². The van der Waals surface area contributed by atoms with Gasteiger partial charge in [0.2, 0.25) is 0 Å². The Bertz CT molecular complexity index is 1180. The fourth-order valence-electron chi connectivity index (χ4n) is 3.63. The monoisotopic (exact) mass is 374 g/mol. The minimum absolute atomic E-state index is 0.0382. The minimum Gasteiger partial charge on any atom is -0.457 e. The number of nitrogens with zero attached hydrogens (tertiary/aromatic N) is 1. The van der Waals surface area contributed by atoms with E-state index >= 15 is 0 Å². The van der Waals surface area contributed by atoms with Gasteiger partial charge in [-0.3, -0.25) is 4.79 Å². The van der Waals surface area contributed by atoms with Crippen LogP contribution >= 0.6 is 11.3 Å². The van der Waals surface area contributed by atoms with Crippen molar-refractivity contribution in [3.05, 3.63) is 75.4 Å². The number of fused-ring (bicyclic) bond motifs is 3. The van der Waals surface area contributed by atoms with E-state index < -0.39 is 0 Å². The maximum atomic E-state index is 12.8. The average molecular weight is 374 g/mol. The molecule has 0 saturated heterocycles. The van der Waals surface area contributed by atoms with Gasteiger partial charge >= 0.3 is 0 Å². The van der Waals surface area contributed by atoms with Crippen molar-refractivity contribution in [2.45, 2.75) is 25.7 Å². The fourth-order valence-corrected chi connectivity index (χ4v) is 4.89. The van der Waals surface area contributed by atoms with E-state index in [1.54, 1.807) is 11.3 Å². The summed E-state index contributed by atoms with van der Waals surface area (Å²) in [4.78, 5) is 22.7. The number of ether oxygens (including phenoxy) is 1. The second-order valence-electron chi connectivity index (χ2n) is 6.75. The topological polar surface area (TPSA) is 55.0 Å². The molecule has 1 N–H and O–H groups in total. The molecule has 4 aromatic rings. The van der Waals surface area contributed by atoms with Crippen LogP contribution in [-0.2, 0) is 12.8 Å². The Morgan fingerprint density at radius 3 is 2.67 bits per heavy atom. The van der Waals surface area contributed by atoms with Crippen LogP contribution < -0.4 is 10.3 Å². The molecule has 0 radical (unpaired) electrons. The van der Waals surface area contributed by atoms with Gasteiger partial charge in [0.1, 0.15) is 22.2 Å². The van der Waals surface area contributed by atoms with Crippen LogP contribution in [0.5, 0.6) is 11.5 Å². The number of aromatic nitrogens is 2. The number of thiophene rings is 1. The predicted octanol–water partition coefficient (Wildman–Crippen LogP) is 5.32. The lowest BCUT2D eigenvalue weighted by Crippen LogP contribution is -2.11. The molecule has 4 nitrogen and oxygen atoms in total. The number of para-hydroxylation sites is 1. The summed E-state index contributed by atoms with van der Waals surface area (Å²) in [5.41, 5.74) is 2.01. The minimum atomic E-state index is -0.0382. The molecule has 134 valence electrons. The van der Waals surface area contributed by atoms with E-state index in [1.807, 2.05) is 54.6 Å². The Morgan fingerprint density at radius 2 is 1.78 bits per heavy atom. The molecule has 0 bridgehead atoms. The van der Waals surface area contributed by atoms with Crippen LogP contribution in [0.15, 0.2) is 59.4 Å². The molecule has 0 fully saturated rings. The van der Waals surface area contributed by atoms with Crippen LogP contribution in [0.3, 0.4) is 0 Å². The normalized spacial score (nSPS) is 13.5. The highest BCUT2D eigenvalue weighted by Gasteiger charge is 2.20. The molecule has 0 aliphatic heterocycles. The molecule has 5 heteroatoms. The zero-order valence-electron chi connectivity index (χ0n) is 14.7. The molecule has 1 aliphatic rings. The van der Waals surface area contributed by atoms with Crippen LogP contribution in [0.2, 0.25) is 0 Å². The number of H-pyrrole nitrogens is 1. The Balaban J connectivity index is 1.56. The molecule has 2 aromatic carbocycles. The lowest BCUT2D eigenvalue weighted by molar-refractivity contribution is 0.483. The first-order chi connectivity index (χ1) is 13.3. The molecule has 1 aliphatic carbocycles. The number of benzene rings is 2. The summed E-state index contributed by atoms with van der Waals surface area (Å²) in [7, 11) is 0. The molecular weight excluding hydrogens is 356 g/mol. The summed E-state index contributed by atoms with van der Waals surface area (Å²) in [6.45, 7) is 0. The van der Waals surface area contributed by atoms with E-state index in [0.29, 0.717) is 11.6 Å². The number of hydrogen-bond acceptors (Lipinski definition) is 4. The van der Waals surface area contributed by atoms with Gasteiger partial charge in [-0.25, -0.2) is 4.98 Å². The number of hydrogen-bond donors (Lipinski definition) is 1. The van der Waals surface area contributed by atoms with Gasteiger partial charge in [0.25, 0.3) is 5.56 Å². The molecule has 0 spiro atoms. The highest BCUT2D eigenvalue weighted by atomic mass is 32.1. The Labute approximate surface area is 160 Å². The highest BCUT2D eigenvalue weighted by Crippen LogP contribution is 2.34. The zero-order valence-corrected chi connectivity index (χ0v) is 15.5. The molecule has 2 heterocycles. The average Bonchev–Trinajstić information content (AvgIpc) is 3.08. The number of aryl methyl sites for hydroxylation is 2. The first-order valence-electron chi connectivity index (χ1n) is 9.16. The van der Waals surface area contributed by atoms with Crippen LogP contribution in [0.1, 0.15) is 23.3 Å². The van der Waals surface area contributed by atoms with Gasteiger partial charge in [0.15, 0.2) is 0 Å². The third-order valence-corrected chi connectivity index (χ3v) is 6.10. The summed E-state index contributed by atoms with van der Waals surface area (Å²) in [6.07, 6.45) is 4.40. The van der Waals surface area contributed by atoms with Crippen molar-refractivity contribution in [3.63, 3.8) is 0 Å². The predicted molar refractivity (Wildman–Crippen MR) is 109 cm³/mol. The summed E-state index contributed by atoms with van der Waals surface area (Å²) >= 11 is 1.67. The smallest absolute Gasteiger partial charge is 0.260 e. The van der Waals surface area contributed by atoms with Gasteiger partial charge < -0.3 is 9.72 Å². The summed E-state index contributed by atoms with van der Waals surface area (Å²) in [6, 6.07) is 17.3. The highest BCUT2D eigenvalue weighted by molar-refractivity contribution is 7.18. The summed E-state index contributed by atoms with van der Waals surface area (Å²) in [5.74, 6) is 2.08. The maximum absolute atomic E-state index is 12.8. The van der Waals surface area contributed by atoms with E-state index in [4.69, 9.17) is 9.72 Å². The van der Waals surface area contributed by atoms with Gasteiger partial charge in [0, 0.05) is 10.4 Å². The van der Waals surface area contributed by atoms with Crippen LogP contribution in [-0.4, -0.2) is 9.97 Å². The number of aromatic amines is 1. The number of rotatable bonds is 3. The molecule has 0 atom stereocenters. The van der Waals surface area contributed by atoms with Crippen LogP contribution in [0.25, 0.3) is 21.6 Å². The quantitative estimate of drug-likeness (QED) is 0.528. The van der Waals surface area contributed by atoms with E-state index in [0.717, 1.165) is 40.8 Å². The van der Waals surface area contributed by atoms with Crippen molar-refractivity contribution >= 4 is 21.6 Å². The molecule has 0 saturated carbocycles. The van der Waals surface area contributed by atoms with E-state index in [2.05, 4.69) is 4.98 Å². The Kier molecular flexibility index (Phi) is 4.02. The molecule has 5 rings (SSSR count). The summed E-state index contributed by atoms with van der Waals surface area (Å²) < 4.78 is 5.91. The first-order valence-corrected chi connectivity index (χ1v) is 9.97. The molecule has 0 unspecified atom stereocenters. The third kappa shape index (κ3) is 3.04. The lowest BCUT2D eigenvalue weighted by Gasteiger charge is -2.09. The fraction of sp³-hybridized carbons (Fsp3) is 0.182. The maximum Gasteiger partial charge on any atom is 0.260 e. The Hall–Kier alpha value is -2.92. The van der Waals surface area contributed by atoms with E-state index in [1.165, 1.54) is 16.9 Å². The van der Waals surface area contributed by atoms with Crippen molar-refractivity contribution < 1.29 is 4.74 Å². The molecule has 0 amide bonds. The van der Waals surface area contributed by atoms with Gasteiger partial charge in [-0.05, 0) is 55.5 Å². The van der Waals surface area contributed by atoms with Crippen molar-refractivity contribution in [2.24, 2.45) is 0 Å². The number of nitrogens with one attached hydrogen (secondary N) is 1. The van der Waals surface area contributed by atoms with Gasteiger partial charge in [-0.15, -0.1) is 11.3 Å². The van der Waals surface area contributed by atoms with Crippen molar-refractivity contribution in [3.8, 4) is 22.9 Å². The zero-order chi connectivity index (χ0) is 18.2. The SMILES string of the molecule is O=c1[nH]c(-c2cccc(Oc3ccccc3)c2)nc2sc3c(c12)CCCC3. The van der Waals surface area contributed by atoms with Crippen molar-refractivity contribution in [1.29, 1.82) is 0 Å². The van der Waals surface area contributed by atoms with Gasteiger partial charge in [-0.2, -0.15) is 0 Å². The standard InChI is InChI=1S/C22H18N2O2S/c25-21-19-17-11-4-5-12-18(17)27-22(19)24-20(23-21)14-7-6-10-16(13-14)26-15-8-2-1-3-9-15/h1-3,6-10,13H,4-5,11-12H2,(H,23,24,25).